The fraction of sp³-hybridized carbons (Fsp3) is 0.600. The van der Waals surface area contributed by atoms with Gasteiger partial charge in [0, 0.05) is 0 Å². The summed E-state index contributed by atoms with van der Waals surface area (Å²) in [7, 11) is -1.11. The minimum atomic E-state index is -3.16. The third-order valence-electron chi connectivity index (χ3n) is 4.26. The molecule has 0 aliphatic carbocycles. The Morgan fingerprint density at radius 2 is 1.63 bits per heavy atom. The Labute approximate surface area is 116 Å². The lowest BCUT2D eigenvalue weighted by Gasteiger charge is -2.41. The maximum absolute atomic E-state index is 12.9. The Morgan fingerprint density at radius 3 is 2.11 bits per heavy atom. The molecule has 0 bridgehead atoms. The van der Waals surface area contributed by atoms with Gasteiger partial charge in [-0.15, -0.1) is 0 Å². The molecule has 0 atom stereocenters. The van der Waals surface area contributed by atoms with E-state index in [1.807, 2.05) is 30.3 Å². The molecule has 1 aromatic carbocycles. The van der Waals surface area contributed by atoms with Gasteiger partial charge in [0.2, 0.25) is 0 Å². The monoisotopic (exact) mass is 281 g/mol. The Kier molecular flexibility index (Phi) is 4.02. The van der Waals surface area contributed by atoms with E-state index in [4.69, 9.17) is 0 Å². The normalized spacial score (nSPS) is 20.6. The van der Waals surface area contributed by atoms with Crippen molar-refractivity contribution in [2.75, 3.05) is 20.1 Å². The fourth-order valence-corrected chi connectivity index (χ4v) is 5.03. The van der Waals surface area contributed by atoms with Crippen LogP contribution in [-0.4, -0.2) is 38.7 Å². The van der Waals surface area contributed by atoms with Crippen LogP contribution in [0.1, 0.15) is 32.3 Å². The highest BCUT2D eigenvalue weighted by Crippen LogP contribution is 2.42. The molecule has 1 aliphatic rings. The zero-order valence-electron chi connectivity index (χ0n) is 12.0. The number of piperidine rings is 1. The van der Waals surface area contributed by atoms with Crippen LogP contribution in [0.4, 0.5) is 0 Å². The van der Waals surface area contributed by atoms with Gasteiger partial charge in [-0.25, -0.2) is 8.42 Å². The highest BCUT2D eigenvalue weighted by atomic mass is 32.2. The molecule has 3 nitrogen and oxygen atoms in total. The van der Waals surface area contributed by atoms with E-state index in [9.17, 15) is 8.42 Å². The SMILES string of the molecule is CC(C)S(=O)(=O)C1(c2ccccc2)CCN(C)CC1. The van der Waals surface area contributed by atoms with Crippen LogP contribution >= 0.6 is 0 Å². The molecule has 0 N–H and O–H groups in total. The molecular formula is C15H23NO2S. The maximum atomic E-state index is 12.9. The van der Waals surface area contributed by atoms with Gasteiger partial charge in [0.25, 0.3) is 0 Å². The summed E-state index contributed by atoms with van der Waals surface area (Å²) in [5, 5.41) is -0.337. The van der Waals surface area contributed by atoms with Crippen LogP contribution < -0.4 is 0 Å². The zero-order chi connectivity index (χ0) is 14.1. The van der Waals surface area contributed by atoms with Gasteiger partial charge in [-0.05, 0) is 52.4 Å². The van der Waals surface area contributed by atoms with E-state index in [2.05, 4.69) is 11.9 Å². The maximum Gasteiger partial charge on any atom is 0.162 e. The Hall–Kier alpha value is -0.870. The first-order valence-electron chi connectivity index (χ1n) is 6.88. The molecule has 1 saturated heterocycles. The summed E-state index contributed by atoms with van der Waals surface area (Å²) >= 11 is 0. The van der Waals surface area contributed by atoms with E-state index in [1.54, 1.807) is 13.8 Å². The van der Waals surface area contributed by atoms with E-state index >= 15 is 0 Å². The quantitative estimate of drug-likeness (QED) is 0.854. The topological polar surface area (TPSA) is 37.4 Å². The van der Waals surface area contributed by atoms with Crippen molar-refractivity contribution in [3.05, 3.63) is 35.9 Å². The van der Waals surface area contributed by atoms with Crippen molar-refractivity contribution in [3.63, 3.8) is 0 Å². The molecule has 19 heavy (non-hydrogen) atoms. The second-order valence-electron chi connectivity index (χ2n) is 5.76. The van der Waals surface area contributed by atoms with E-state index in [0.29, 0.717) is 12.8 Å². The van der Waals surface area contributed by atoms with Gasteiger partial charge in [-0.3, -0.25) is 0 Å². The molecule has 1 aromatic rings. The second-order valence-corrected chi connectivity index (χ2v) is 8.57. The van der Waals surface area contributed by atoms with Crippen molar-refractivity contribution in [3.8, 4) is 0 Å². The van der Waals surface area contributed by atoms with Crippen molar-refractivity contribution in [2.45, 2.75) is 36.7 Å². The molecule has 0 amide bonds. The number of hydrogen-bond donors (Lipinski definition) is 0. The summed E-state index contributed by atoms with van der Waals surface area (Å²) in [5.41, 5.74) is 0.955. The molecule has 2 rings (SSSR count). The van der Waals surface area contributed by atoms with E-state index in [0.717, 1.165) is 18.7 Å². The predicted octanol–water partition coefficient (Wildman–Crippen LogP) is 2.43. The van der Waals surface area contributed by atoms with Crippen LogP contribution in [0.15, 0.2) is 30.3 Å². The summed E-state index contributed by atoms with van der Waals surface area (Å²) in [6.07, 6.45) is 1.38. The van der Waals surface area contributed by atoms with Gasteiger partial charge >= 0.3 is 0 Å². The highest BCUT2D eigenvalue weighted by molar-refractivity contribution is 7.92. The molecule has 1 aliphatic heterocycles. The summed E-state index contributed by atoms with van der Waals surface area (Å²) < 4.78 is 25.1. The van der Waals surface area contributed by atoms with Gasteiger partial charge in [-0.1, -0.05) is 30.3 Å². The molecule has 106 valence electrons. The summed E-state index contributed by atoms with van der Waals surface area (Å²) in [5.74, 6) is 0. The number of benzene rings is 1. The van der Waals surface area contributed by atoms with Crippen LogP contribution in [0.3, 0.4) is 0 Å². The predicted molar refractivity (Wildman–Crippen MR) is 78.9 cm³/mol. The molecule has 0 radical (unpaired) electrons. The molecule has 0 unspecified atom stereocenters. The molecule has 0 spiro atoms. The summed E-state index contributed by atoms with van der Waals surface area (Å²) in [4.78, 5) is 2.21. The first-order chi connectivity index (χ1) is 8.90. The zero-order valence-corrected chi connectivity index (χ0v) is 12.8. The van der Waals surface area contributed by atoms with Gasteiger partial charge in [0.1, 0.15) is 0 Å². The van der Waals surface area contributed by atoms with Gasteiger partial charge in [-0.2, -0.15) is 0 Å². The Balaban J connectivity index is 2.52. The lowest BCUT2D eigenvalue weighted by molar-refractivity contribution is 0.232. The lowest BCUT2D eigenvalue weighted by atomic mass is 9.88. The van der Waals surface area contributed by atoms with Crippen LogP contribution in [0.2, 0.25) is 0 Å². The van der Waals surface area contributed by atoms with Crippen molar-refractivity contribution in [2.24, 2.45) is 0 Å². The van der Waals surface area contributed by atoms with Gasteiger partial charge in [0.05, 0.1) is 10.00 Å². The number of nitrogens with zero attached hydrogens (tertiary/aromatic N) is 1. The van der Waals surface area contributed by atoms with Crippen molar-refractivity contribution in [1.29, 1.82) is 0 Å². The van der Waals surface area contributed by atoms with Crippen LogP contribution in [-0.2, 0) is 14.6 Å². The van der Waals surface area contributed by atoms with Gasteiger partial charge < -0.3 is 4.90 Å². The summed E-state index contributed by atoms with van der Waals surface area (Å²) in [6, 6.07) is 9.74. The minimum absolute atomic E-state index is 0.337. The second kappa shape index (κ2) is 5.25. The molecule has 1 heterocycles. The lowest BCUT2D eigenvalue weighted by Crippen LogP contribution is -2.48. The summed E-state index contributed by atoms with van der Waals surface area (Å²) in [6.45, 7) is 5.25. The first-order valence-corrected chi connectivity index (χ1v) is 8.42. The van der Waals surface area contributed by atoms with Crippen molar-refractivity contribution >= 4 is 9.84 Å². The van der Waals surface area contributed by atoms with E-state index < -0.39 is 14.6 Å². The third kappa shape index (κ3) is 2.43. The number of hydrogen-bond acceptors (Lipinski definition) is 3. The smallest absolute Gasteiger partial charge is 0.162 e. The Morgan fingerprint density at radius 1 is 1.11 bits per heavy atom. The molecule has 0 saturated carbocycles. The fourth-order valence-electron chi connectivity index (χ4n) is 2.91. The standard InChI is InChI=1S/C15H23NO2S/c1-13(2)19(17,18)15(9-11-16(3)12-10-15)14-7-5-4-6-8-14/h4-8,13H,9-12H2,1-3H3. The first kappa shape index (κ1) is 14.5. The average Bonchev–Trinajstić information content (AvgIpc) is 2.40. The van der Waals surface area contributed by atoms with Crippen molar-refractivity contribution in [1.82, 2.24) is 4.90 Å². The number of sulfone groups is 1. The third-order valence-corrected chi connectivity index (χ3v) is 7.23. The molecular weight excluding hydrogens is 258 g/mol. The molecule has 1 fully saturated rings. The van der Waals surface area contributed by atoms with Crippen molar-refractivity contribution < 1.29 is 8.42 Å². The Bertz CT molecular complexity index is 514. The van der Waals surface area contributed by atoms with E-state index in [-0.39, 0.29) is 5.25 Å². The number of rotatable bonds is 3. The number of likely N-dealkylation sites (tertiary alicyclic amines) is 1. The van der Waals surface area contributed by atoms with Crippen LogP contribution in [0.25, 0.3) is 0 Å². The molecule has 4 heteroatoms. The van der Waals surface area contributed by atoms with E-state index in [1.165, 1.54) is 0 Å². The van der Waals surface area contributed by atoms with Crippen LogP contribution in [0.5, 0.6) is 0 Å². The van der Waals surface area contributed by atoms with Crippen LogP contribution in [0, 0.1) is 0 Å². The van der Waals surface area contributed by atoms with Gasteiger partial charge in [0.15, 0.2) is 9.84 Å². The average molecular weight is 281 g/mol. The highest BCUT2D eigenvalue weighted by Gasteiger charge is 2.47. The molecule has 0 aromatic heterocycles. The minimum Gasteiger partial charge on any atom is -0.306 e. The largest absolute Gasteiger partial charge is 0.306 e.